The number of hydrogen-bond donors (Lipinski definition) is 4. The Morgan fingerprint density at radius 2 is 0.846 bits per heavy atom. The normalized spacial score (nSPS) is 11.5. The minimum absolute atomic E-state index is 0. The lowest BCUT2D eigenvalue weighted by Crippen LogP contribution is -2.45. The fourth-order valence-corrected chi connectivity index (χ4v) is 5.74. The molecule has 0 spiro atoms. The average molecular weight is 823 g/mol. The fraction of sp³-hybridized carbons (Fsp3) is 0.789. The number of benzene rings is 1. The lowest BCUT2D eigenvalue weighted by molar-refractivity contribution is -0.134. The van der Waals surface area contributed by atoms with E-state index in [0.717, 1.165) is 51.4 Å². The molecule has 1 aromatic rings. The van der Waals surface area contributed by atoms with E-state index in [1.54, 1.807) is 0 Å². The highest BCUT2D eigenvalue weighted by Crippen LogP contribution is 2.18. The molecule has 0 heterocycles. The van der Waals surface area contributed by atoms with E-state index in [2.05, 4.69) is 13.8 Å². The van der Waals surface area contributed by atoms with Crippen LogP contribution in [-0.4, -0.2) is 86.2 Å². The summed E-state index contributed by atoms with van der Waals surface area (Å²) in [5.74, 6) is 1.41. The van der Waals surface area contributed by atoms with Gasteiger partial charge >= 0.3 is 0 Å². The number of hydrogen-bond acceptors (Lipinski definition) is 8. The number of rotatable bonds is 32. The van der Waals surface area contributed by atoms with Gasteiger partial charge in [0.2, 0.25) is 11.8 Å². The monoisotopic (exact) mass is 820 g/mol. The zero-order chi connectivity index (χ0) is 35.2. The van der Waals surface area contributed by atoms with Crippen molar-refractivity contribution < 1.29 is 19.1 Å². The first-order valence-corrected chi connectivity index (χ1v) is 19.2. The Labute approximate surface area is 341 Å². The first kappa shape index (κ1) is 57.5. The summed E-state index contributed by atoms with van der Waals surface area (Å²) < 4.78 is 12.0. The molecule has 1 aromatic carbocycles. The zero-order valence-corrected chi connectivity index (χ0v) is 35.6. The highest BCUT2D eigenvalue weighted by molar-refractivity contribution is 5.86. The molecule has 1 rings (SSSR count). The maximum atomic E-state index is 13.2. The lowest BCUT2D eigenvalue weighted by Gasteiger charge is -2.26. The molecule has 0 bridgehead atoms. The van der Waals surface area contributed by atoms with E-state index in [-0.39, 0.29) is 61.4 Å². The van der Waals surface area contributed by atoms with Gasteiger partial charge in [-0.3, -0.25) is 9.59 Å². The lowest BCUT2D eigenvalue weighted by atomic mass is 10.1. The number of carbonyl (C=O) groups excluding carboxylic acids is 2. The molecule has 0 aromatic heterocycles. The molecule has 0 fully saturated rings. The molecule has 2 amide bonds. The SMILES string of the molecule is CCCCCCCCN(CCOc1ccc(OCCN(CCCCCCCC)C(=O)[C@@H](N)CCCCN)cc1)C(=O)[C@@H](N)CCCCN.Cl.Cl.Cl.Cl. The van der Waals surface area contributed by atoms with Crippen LogP contribution >= 0.6 is 49.6 Å². The second-order valence-corrected chi connectivity index (χ2v) is 13.1. The largest absolute Gasteiger partial charge is 0.492 e. The van der Waals surface area contributed by atoms with Gasteiger partial charge in [0.25, 0.3) is 0 Å². The number of carbonyl (C=O) groups is 2. The van der Waals surface area contributed by atoms with E-state index < -0.39 is 12.1 Å². The molecule has 0 aliphatic heterocycles. The average Bonchev–Trinajstić information content (AvgIpc) is 3.09. The summed E-state index contributed by atoms with van der Waals surface area (Å²) in [5.41, 5.74) is 23.8. The van der Waals surface area contributed by atoms with Crippen LogP contribution in [0, 0.1) is 0 Å². The summed E-state index contributed by atoms with van der Waals surface area (Å²) in [7, 11) is 0. The molecule has 0 radical (unpaired) electrons. The van der Waals surface area contributed by atoms with Crippen LogP contribution in [0.4, 0.5) is 0 Å². The third kappa shape index (κ3) is 28.2. The van der Waals surface area contributed by atoms with E-state index in [4.69, 9.17) is 32.4 Å². The first-order chi connectivity index (χ1) is 23.4. The van der Waals surface area contributed by atoms with Crippen molar-refractivity contribution in [3.05, 3.63) is 24.3 Å². The number of nitrogens with two attached hydrogens (primary N) is 4. The van der Waals surface area contributed by atoms with Gasteiger partial charge in [0.05, 0.1) is 25.2 Å². The van der Waals surface area contributed by atoms with Crippen LogP contribution in [-0.2, 0) is 9.59 Å². The number of ether oxygens (including phenoxy) is 2. The van der Waals surface area contributed by atoms with Crippen LogP contribution in [0.3, 0.4) is 0 Å². The van der Waals surface area contributed by atoms with Gasteiger partial charge < -0.3 is 42.2 Å². The molecule has 0 unspecified atom stereocenters. The van der Waals surface area contributed by atoms with Crippen molar-refractivity contribution in [1.82, 2.24) is 9.80 Å². The van der Waals surface area contributed by atoms with E-state index >= 15 is 0 Å². The van der Waals surface area contributed by atoms with E-state index in [1.165, 1.54) is 51.4 Å². The Bertz CT molecular complexity index is 866. The van der Waals surface area contributed by atoms with Gasteiger partial charge in [-0.1, -0.05) is 90.9 Å². The number of nitrogens with zero attached hydrogens (tertiary/aromatic N) is 2. The van der Waals surface area contributed by atoms with Crippen molar-refractivity contribution in [1.29, 1.82) is 0 Å². The smallest absolute Gasteiger partial charge is 0.239 e. The van der Waals surface area contributed by atoms with Gasteiger partial charge in [-0.15, -0.1) is 49.6 Å². The van der Waals surface area contributed by atoms with Crippen LogP contribution in [0.2, 0.25) is 0 Å². The molecule has 14 heteroatoms. The minimum atomic E-state index is -0.503. The zero-order valence-electron chi connectivity index (χ0n) is 32.3. The van der Waals surface area contributed by atoms with Crippen molar-refractivity contribution in [2.45, 2.75) is 142 Å². The quantitative estimate of drug-likeness (QED) is 0.0546. The summed E-state index contributed by atoms with van der Waals surface area (Å²) in [6.45, 7) is 8.81. The highest BCUT2D eigenvalue weighted by Gasteiger charge is 2.22. The second-order valence-electron chi connectivity index (χ2n) is 13.1. The van der Waals surface area contributed by atoms with Crippen molar-refractivity contribution >= 4 is 61.4 Å². The Morgan fingerprint density at radius 3 is 1.17 bits per heavy atom. The maximum Gasteiger partial charge on any atom is 0.239 e. The third-order valence-electron chi connectivity index (χ3n) is 8.84. The third-order valence-corrected chi connectivity index (χ3v) is 8.84. The van der Waals surface area contributed by atoms with Gasteiger partial charge in [-0.2, -0.15) is 0 Å². The van der Waals surface area contributed by atoms with Crippen molar-refractivity contribution in [2.75, 3.05) is 52.5 Å². The predicted octanol–water partition coefficient (Wildman–Crippen LogP) is 7.42. The molecule has 0 aliphatic carbocycles. The van der Waals surface area contributed by atoms with Gasteiger partial charge in [0.15, 0.2) is 0 Å². The molecule has 8 N–H and O–H groups in total. The summed E-state index contributed by atoms with van der Waals surface area (Å²) in [5, 5.41) is 0. The summed E-state index contributed by atoms with van der Waals surface area (Å²) in [6.07, 6.45) is 18.8. The molecule has 0 saturated carbocycles. The first-order valence-electron chi connectivity index (χ1n) is 19.2. The summed E-state index contributed by atoms with van der Waals surface area (Å²) in [4.78, 5) is 30.0. The number of amides is 2. The molecule has 2 atom stereocenters. The van der Waals surface area contributed by atoms with Crippen LogP contribution in [0.5, 0.6) is 11.5 Å². The number of unbranched alkanes of at least 4 members (excludes halogenated alkanes) is 12. The second kappa shape index (κ2) is 39.5. The number of halogens is 4. The molecule has 0 aliphatic rings. The molecule has 0 saturated heterocycles. The van der Waals surface area contributed by atoms with Crippen molar-refractivity contribution in [2.24, 2.45) is 22.9 Å². The Balaban J connectivity index is -0.00000288. The summed E-state index contributed by atoms with van der Waals surface area (Å²) >= 11 is 0. The Hall–Kier alpha value is -1.24. The maximum absolute atomic E-state index is 13.2. The Morgan fingerprint density at radius 1 is 0.519 bits per heavy atom. The predicted molar refractivity (Wildman–Crippen MR) is 228 cm³/mol. The molecular weight excluding hydrogens is 746 g/mol. The van der Waals surface area contributed by atoms with Crippen molar-refractivity contribution in [3.63, 3.8) is 0 Å². The van der Waals surface area contributed by atoms with E-state index in [9.17, 15) is 9.59 Å². The van der Waals surface area contributed by atoms with Crippen LogP contribution in [0.15, 0.2) is 24.3 Å². The molecule has 52 heavy (non-hydrogen) atoms. The minimum Gasteiger partial charge on any atom is -0.492 e. The van der Waals surface area contributed by atoms with E-state index in [0.29, 0.717) is 76.8 Å². The van der Waals surface area contributed by atoms with Gasteiger partial charge in [0.1, 0.15) is 24.7 Å². The van der Waals surface area contributed by atoms with Gasteiger partial charge in [-0.05, 0) is 75.9 Å². The van der Waals surface area contributed by atoms with Crippen LogP contribution in [0.1, 0.15) is 129 Å². The summed E-state index contributed by atoms with van der Waals surface area (Å²) in [6, 6.07) is 6.50. The molecule has 310 valence electrons. The molecular formula is C38H76Cl4N6O4. The van der Waals surface area contributed by atoms with Gasteiger partial charge in [-0.25, -0.2) is 0 Å². The van der Waals surface area contributed by atoms with Crippen LogP contribution in [0.25, 0.3) is 0 Å². The standard InChI is InChI=1S/C38H72N6O4.4ClH/c1-3-5-7-9-11-17-27-43(37(45)35(41)19-13-15-25-39)29-31-47-33-21-23-34(24-22-33)48-32-30-44(28-18-12-10-8-6-4-2)38(46)36(42)20-14-16-26-40;;;;/h21-24,35-36H,3-20,25-32,39-42H2,1-2H3;4*1H/t35-,36-;;;;/m0..../s1. The fourth-order valence-electron chi connectivity index (χ4n) is 5.74. The van der Waals surface area contributed by atoms with Crippen molar-refractivity contribution in [3.8, 4) is 11.5 Å². The Kier molecular flexibility index (Phi) is 43.6. The topological polar surface area (TPSA) is 163 Å². The molecule has 10 nitrogen and oxygen atoms in total. The van der Waals surface area contributed by atoms with E-state index in [1.807, 2.05) is 34.1 Å². The highest BCUT2D eigenvalue weighted by atomic mass is 35.5. The van der Waals surface area contributed by atoms with Crippen LogP contribution < -0.4 is 32.4 Å². The van der Waals surface area contributed by atoms with Gasteiger partial charge in [0, 0.05) is 13.1 Å².